The molecule has 2 aromatic carbocycles. The van der Waals surface area contributed by atoms with Gasteiger partial charge in [0.25, 0.3) is 0 Å². The third-order valence-corrected chi connectivity index (χ3v) is 3.69. The van der Waals surface area contributed by atoms with Crippen LogP contribution >= 0.6 is 35.4 Å². The van der Waals surface area contributed by atoms with Gasteiger partial charge in [-0.05, 0) is 55.0 Å². The first kappa shape index (κ1) is 17.5. The Kier molecular flexibility index (Phi) is 6.16. The molecule has 0 bridgehead atoms. The number of aryl methyl sites for hydroxylation is 1. The molecule has 0 aliphatic carbocycles. The minimum Gasteiger partial charge on any atom is -0.332 e. The summed E-state index contributed by atoms with van der Waals surface area (Å²) in [5.41, 5.74) is 2.66. The fourth-order valence-corrected chi connectivity index (χ4v) is 2.44. The molecule has 0 aliphatic heterocycles. The van der Waals surface area contributed by atoms with Crippen LogP contribution in [-0.4, -0.2) is 11.0 Å². The maximum absolute atomic E-state index is 11.9. The molecule has 0 heterocycles. The number of nitrogens with one attached hydrogen (secondary N) is 2. The Hall–Kier alpha value is -1.88. The zero-order valence-electron chi connectivity index (χ0n) is 12.3. The molecule has 118 valence electrons. The minimum absolute atomic E-state index is 0.228. The van der Waals surface area contributed by atoms with E-state index in [1.54, 1.807) is 24.3 Å². The number of carbonyl (C=O) groups is 1. The summed E-state index contributed by atoms with van der Waals surface area (Å²) in [6.45, 7) is 2.00. The van der Waals surface area contributed by atoms with Crippen molar-refractivity contribution in [1.82, 2.24) is 5.32 Å². The van der Waals surface area contributed by atoms with Gasteiger partial charge in [0.1, 0.15) is 0 Å². The maximum atomic E-state index is 11.9. The van der Waals surface area contributed by atoms with Gasteiger partial charge >= 0.3 is 0 Å². The van der Waals surface area contributed by atoms with E-state index >= 15 is 0 Å². The molecule has 23 heavy (non-hydrogen) atoms. The third kappa shape index (κ3) is 5.67. The first-order valence-electron chi connectivity index (χ1n) is 6.76. The SMILES string of the molecule is Cc1ccc(NC(=S)NC(=O)/C=C/c2ccc(Cl)cc2Cl)cc1. The van der Waals surface area contributed by atoms with Crippen LogP contribution in [0.4, 0.5) is 5.69 Å². The quantitative estimate of drug-likeness (QED) is 0.605. The highest BCUT2D eigenvalue weighted by Crippen LogP contribution is 2.21. The van der Waals surface area contributed by atoms with Crippen molar-refractivity contribution in [2.45, 2.75) is 6.92 Å². The van der Waals surface area contributed by atoms with Crippen molar-refractivity contribution < 1.29 is 4.79 Å². The molecule has 3 nitrogen and oxygen atoms in total. The van der Waals surface area contributed by atoms with Crippen molar-refractivity contribution in [3.63, 3.8) is 0 Å². The Morgan fingerprint density at radius 1 is 1.13 bits per heavy atom. The monoisotopic (exact) mass is 364 g/mol. The maximum Gasteiger partial charge on any atom is 0.250 e. The summed E-state index contributed by atoms with van der Waals surface area (Å²) in [4.78, 5) is 11.9. The van der Waals surface area contributed by atoms with Gasteiger partial charge in [-0.1, -0.05) is 47.0 Å². The van der Waals surface area contributed by atoms with E-state index in [2.05, 4.69) is 10.6 Å². The average molecular weight is 365 g/mol. The highest BCUT2D eigenvalue weighted by atomic mass is 35.5. The van der Waals surface area contributed by atoms with Gasteiger partial charge in [-0.25, -0.2) is 0 Å². The zero-order valence-corrected chi connectivity index (χ0v) is 14.6. The number of carbonyl (C=O) groups excluding carboxylic acids is 1. The first-order valence-corrected chi connectivity index (χ1v) is 7.92. The lowest BCUT2D eigenvalue weighted by atomic mass is 10.2. The number of benzene rings is 2. The number of hydrogen-bond donors (Lipinski definition) is 2. The second kappa shape index (κ2) is 8.11. The number of thiocarbonyl (C=S) groups is 1. The van der Waals surface area contributed by atoms with Crippen LogP contribution in [0.3, 0.4) is 0 Å². The highest BCUT2D eigenvalue weighted by Gasteiger charge is 2.03. The van der Waals surface area contributed by atoms with E-state index in [4.69, 9.17) is 35.4 Å². The predicted octanol–water partition coefficient (Wildman–Crippen LogP) is 4.83. The first-order chi connectivity index (χ1) is 10.9. The van der Waals surface area contributed by atoms with Crippen LogP contribution in [0.15, 0.2) is 48.5 Å². The average Bonchev–Trinajstić information content (AvgIpc) is 2.48. The summed E-state index contributed by atoms with van der Waals surface area (Å²) in [7, 11) is 0. The summed E-state index contributed by atoms with van der Waals surface area (Å²) in [5, 5.41) is 6.75. The smallest absolute Gasteiger partial charge is 0.250 e. The van der Waals surface area contributed by atoms with E-state index in [1.165, 1.54) is 6.08 Å². The molecular weight excluding hydrogens is 351 g/mol. The minimum atomic E-state index is -0.347. The third-order valence-electron chi connectivity index (χ3n) is 2.92. The highest BCUT2D eigenvalue weighted by molar-refractivity contribution is 7.80. The second-order valence-electron chi connectivity index (χ2n) is 4.81. The summed E-state index contributed by atoms with van der Waals surface area (Å²) >= 11 is 17.0. The van der Waals surface area contributed by atoms with Crippen molar-refractivity contribution >= 4 is 58.2 Å². The van der Waals surface area contributed by atoms with Crippen LogP contribution in [0.25, 0.3) is 6.08 Å². The Balaban J connectivity index is 1.92. The van der Waals surface area contributed by atoms with Crippen molar-refractivity contribution in [2.75, 3.05) is 5.32 Å². The van der Waals surface area contributed by atoms with Gasteiger partial charge in [0.05, 0.1) is 0 Å². The van der Waals surface area contributed by atoms with Gasteiger partial charge in [0.15, 0.2) is 5.11 Å². The molecule has 0 spiro atoms. The number of halogens is 2. The number of hydrogen-bond acceptors (Lipinski definition) is 2. The largest absolute Gasteiger partial charge is 0.332 e. The Morgan fingerprint density at radius 3 is 2.48 bits per heavy atom. The van der Waals surface area contributed by atoms with Gasteiger partial charge in [0.2, 0.25) is 5.91 Å². The molecule has 6 heteroatoms. The van der Waals surface area contributed by atoms with Crippen LogP contribution in [0.1, 0.15) is 11.1 Å². The molecule has 1 amide bonds. The summed E-state index contributed by atoms with van der Waals surface area (Å²) in [6, 6.07) is 12.7. The second-order valence-corrected chi connectivity index (χ2v) is 6.06. The molecule has 2 aromatic rings. The molecule has 0 fully saturated rings. The predicted molar refractivity (Wildman–Crippen MR) is 101 cm³/mol. The summed E-state index contributed by atoms with van der Waals surface area (Å²) in [6.07, 6.45) is 2.96. The summed E-state index contributed by atoms with van der Waals surface area (Å²) < 4.78 is 0. The molecule has 2 rings (SSSR count). The number of anilines is 1. The number of rotatable bonds is 3. The van der Waals surface area contributed by atoms with E-state index in [1.807, 2.05) is 31.2 Å². The lowest BCUT2D eigenvalue weighted by Crippen LogP contribution is -2.32. The molecule has 0 unspecified atom stereocenters. The molecule has 0 radical (unpaired) electrons. The van der Waals surface area contributed by atoms with E-state index in [0.29, 0.717) is 15.6 Å². The van der Waals surface area contributed by atoms with Gasteiger partial charge < -0.3 is 5.32 Å². The number of amides is 1. The topological polar surface area (TPSA) is 41.1 Å². The van der Waals surface area contributed by atoms with Gasteiger partial charge in [-0.2, -0.15) is 0 Å². The van der Waals surface area contributed by atoms with Crippen LogP contribution in [0, 0.1) is 6.92 Å². The van der Waals surface area contributed by atoms with Crippen LogP contribution in [0.2, 0.25) is 10.0 Å². The lowest BCUT2D eigenvalue weighted by Gasteiger charge is -2.08. The van der Waals surface area contributed by atoms with Gasteiger partial charge in [-0.15, -0.1) is 0 Å². The fraction of sp³-hybridized carbons (Fsp3) is 0.0588. The molecule has 0 saturated heterocycles. The van der Waals surface area contributed by atoms with Crippen LogP contribution < -0.4 is 10.6 Å². The van der Waals surface area contributed by atoms with Crippen LogP contribution in [-0.2, 0) is 4.79 Å². The Bertz CT molecular complexity index is 758. The van der Waals surface area contributed by atoms with Crippen molar-refractivity contribution in [3.05, 3.63) is 69.7 Å². The van der Waals surface area contributed by atoms with Gasteiger partial charge in [-0.3, -0.25) is 10.1 Å². The van der Waals surface area contributed by atoms with Crippen molar-refractivity contribution in [1.29, 1.82) is 0 Å². The van der Waals surface area contributed by atoms with E-state index < -0.39 is 0 Å². The molecule has 0 aliphatic rings. The molecule has 0 aromatic heterocycles. The molecule has 2 N–H and O–H groups in total. The summed E-state index contributed by atoms with van der Waals surface area (Å²) in [5.74, 6) is -0.347. The molecular formula is C17H14Cl2N2OS. The van der Waals surface area contributed by atoms with E-state index in [-0.39, 0.29) is 11.0 Å². The standard InChI is InChI=1S/C17H14Cl2N2OS/c1-11-2-7-14(8-3-11)20-17(23)21-16(22)9-5-12-4-6-13(18)10-15(12)19/h2-10H,1H3,(H2,20,21,22,23)/b9-5+. The van der Waals surface area contributed by atoms with Crippen molar-refractivity contribution in [3.8, 4) is 0 Å². The van der Waals surface area contributed by atoms with E-state index in [0.717, 1.165) is 11.3 Å². The zero-order chi connectivity index (χ0) is 16.8. The Labute approximate surface area is 150 Å². The fourth-order valence-electron chi connectivity index (χ4n) is 1.75. The van der Waals surface area contributed by atoms with Crippen LogP contribution in [0.5, 0.6) is 0 Å². The molecule has 0 atom stereocenters. The van der Waals surface area contributed by atoms with Gasteiger partial charge in [0, 0.05) is 21.8 Å². The van der Waals surface area contributed by atoms with Crippen molar-refractivity contribution in [2.24, 2.45) is 0 Å². The van der Waals surface area contributed by atoms with E-state index in [9.17, 15) is 4.79 Å². The lowest BCUT2D eigenvalue weighted by molar-refractivity contribution is -0.115. The molecule has 0 saturated carbocycles. The normalized spacial score (nSPS) is 10.6. The Morgan fingerprint density at radius 2 is 1.83 bits per heavy atom.